The van der Waals surface area contributed by atoms with Crippen molar-refractivity contribution in [1.82, 2.24) is 4.72 Å². The van der Waals surface area contributed by atoms with Crippen LogP contribution < -0.4 is 4.72 Å². The molecule has 1 aromatic carbocycles. The second kappa shape index (κ2) is 7.22. The molecule has 0 fully saturated rings. The minimum Gasteiger partial charge on any atom is -0.481 e. The van der Waals surface area contributed by atoms with Gasteiger partial charge in [0, 0.05) is 7.11 Å². The number of carbonyl (C=O) groups is 1. The smallest absolute Gasteiger partial charge is 0.305 e. The van der Waals surface area contributed by atoms with Crippen molar-refractivity contribution in [3.8, 4) is 0 Å². The Morgan fingerprint density at radius 2 is 2.10 bits per heavy atom. The van der Waals surface area contributed by atoms with Crippen molar-refractivity contribution in [3.05, 3.63) is 28.8 Å². The van der Waals surface area contributed by atoms with E-state index in [1.54, 1.807) is 26.0 Å². The highest BCUT2D eigenvalue weighted by Gasteiger charge is 2.28. The SMILES string of the molecule is CO[C@H](C)[C@@H](CC(=O)O)NS(=O)(=O)c1c(C)cccc1Cl. The lowest BCUT2D eigenvalue weighted by atomic mass is 10.1. The van der Waals surface area contributed by atoms with Crippen molar-refractivity contribution in [1.29, 1.82) is 0 Å². The monoisotopic (exact) mass is 335 g/mol. The molecule has 6 nitrogen and oxygen atoms in total. The fourth-order valence-corrected chi connectivity index (χ4v) is 4.01. The summed E-state index contributed by atoms with van der Waals surface area (Å²) in [6, 6.07) is 3.83. The predicted octanol–water partition coefficient (Wildman–Crippen LogP) is 1.80. The molecule has 1 rings (SSSR count). The Kier molecular flexibility index (Phi) is 6.15. The van der Waals surface area contributed by atoms with E-state index in [0.29, 0.717) is 5.56 Å². The highest BCUT2D eigenvalue weighted by Crippen LogP contribution is 2.25. The van der Waals surface area contributed by atoms with Crippen LogP contribution in [0, 0.1) is 6.92 Å². The first kappa shape index (κ1) is 17.9. The molecule has 0 heterocycles. The number of methoxy groups -OCH3 is 1. The van der Waals surface area contributed by atoms with Crippen molar-refractivity contribution in [2.75, 3.05) is 7.11 Å². The topological polar surface area (TPSA) is 92.7 Å². The van der Waals surface area contributed by atoms with Gasteiger partial charge in [-0.1, -0.05) is 23.7 Å². The van der Waals surface area contributed by atoms with E-state index in [1.807, 2.05) is 0 Å². The molecule has 21 heavy (non-hydrogen) atoms. The summed E-state index contributed by atoms with van der Waals surface area (Å²) >= 11 is 5.95. The third-order valence-corrected chi connectivity index (χ3v) is 5.19. The number of ether oxygens (including phenoxy) is 1. The lowest BCUT2D eigenvalue weighted by Gasteiger charge is -2.23. The maximum absolute atomic E-state index is 12.4. The summed E-state index contributed by atoms with van der Waals surface area (Å²) in [6.45, 7) is 3.21. The normalized spacial score (nSPS) is 14.7. The summed E-state index contributed by atoms with van der Waals surface area (Å²) in [5.41, 5.74) is 0.481. The van der Waals surface area contributed by atoms with Gasteiger partial charge in [-0.25, -0.2) is 13.1 Å². The number of rotatable bonds is 7. The third kappa shape index (κ3) is 4.67. The molecule has 0 aliphatic heterocycles. The third-order valence-electron chi connectivity index (χ3n) is 3.07. The van der Waals surface area contributed by atoms with Gasteiger partial charge in [-0.3, -0.25) is 4.79 Å². The van der Waals surface area contributed by atoms with Gasteiger partial charge in [-0.2, -0.15) is 0 Å². The standard InChI is InChI=1S/C13H18ClNO5S/c1-8-5-4-6-10(14)13(8)21(18,19)15-11(7-12(16)17)9(2)20-3/h4-6,9,11,15H,7H2,1-3H3,(H,16,17)/t9-,11-/m1/s1. The van der Waals surface area contributed by atoms with Crippen LogP contribution in [0.2, 0.25) is 5.02 Å². The van der Waals surface area contributed by atoms with Gasteiger partial charge >= 0.3 is 5.97 Å². The predicted molar refractivity (Wildman–Crippen MR) is 79.0 cm³/mol. The zero-order chi connectivity index (χ0) is 16.2. The molecule has 0 saturated heterocycles. The average Bonchev–Trinajstić information content (AvgIpc) is 2.35. The number of hydrogen-bond acceptors (Lipinski definition) is 4. The second-order valence-electron chi connectivity index (χ2n) is 4.65. The van der Waals surface area contributed by atoms with E-state index in [-0.39, 0.29) is 9.92 Å². The fourth-order valence-electron chi connectivity index (χ4n) is 1.87. The van der Waals surface area contributed by atoms with Crippen molar-refractivity contribution in [2.24, 2.45) is 0 Å². The van der Waals surface area contributed by atoms with E-state index in [9.17, 15) is 13.2 Å². The Balaban J connectivity index is 3.14. The number of hydrogen-bond donors (Lipinski definition) is 2. The van der Waals surface area contributed by atoms with Gasteiger partial charge in [0.05, 0.1) is 23.6 Å². The van der Waals surface area contributed by atoms with Crippen LogP contribution in [0.3, 0.4) is 0 Å². The van der Waals surface area contributed by atoms with Gasteiger partial charge < -0.3 is 9.84 Å². The number of sulfonamides is 1. The van der Waals surface area contributed by atoms with Gasteiger partial charge in [-0.05, 0) is 25.5 Å². The molecular formula is C13H18ClNO5S. The zero-order valence-electron chi connectivity index (χ0n) is 12.0. The number of carboxylic acids is 1. The first-order chi connectivity index (χ1) is 9.69. The van der Waals surface area contributed by atoms with Crippen LogP contribution in [0.25, 0.3) is 0 Å². The van der Waals surface area contributed by atoms with E-state index in [0.717, 1.165) is 0 Å². The molecule has 0 aromatic heterocycles. The molecule has 0 aliphatic carbocycles. The summed E-state index contributed by atoms with van der Waals surface area (Å²) in [5, 5.41) is 8.97. The lowest BCUT2D eigenvalue weighted by Crippen LogP contribution is -2.44. The number of benzene rings is 1. The first-order valence-electron chi connectivity index (χ1n) is 6.21. The molecule has 0 bridgehead atoms. The quantitative estimate of drug-likeness (QED) is 0.792. The molecule has 118 valence electrons. The average molecular weight is 336 g/mol. The largest absolute Gasteiger partial charge is 0.481 e. The van der Waals surface area contributed by atoms with Gasteiger partial charge in [-0.15, -0.1) is 0 Å². The number of aliphatic carboxylic acids is 1. The van der Waals surface area contributed by atoms with Crippen LogP contribution in [-0.4, -0.2) is 38.7 Å². The molecule has 0 unspecified atom stereocenters. The van der Waals surface area contributed by atoms with Crippen molar-refractivity contribution < 1.29 is 23.1 Å². The van der Waals surface area contributed by atoms with E-state index in [4.69, 9.17) is 21.4 Å². The first-order valence-corrected chi connectivity index (χ1v) is 8.07. The summed E-state index contributed by atoms with van der Waals surface area (Å²) < 4.78 is 32.3. The Morgan fingerprint density at radius 1 is 1.48 bits per heavy atom. The minimum atomic E-state index is -3.95. The number of aryl methyl sites for hydroxylation is 1. The summed E-state index contributed by atoms with van der Waals surface area (Å²) in [6.07, 6.45) is -0.990. The van der Waals surface area contributed by atoms with Gasteiger partial charge in [0.2, 0.25) is 10.0 Å². The zero-order valence-corrected chi connectivity index (χ0v) is 13.5. The van der Waals surface area contributed by atoms with E-state index in [1.165, 1.54) is 13.2 Å². The maximum Gasteiger partial charge on any atom is 0.305 e. The number of nitrogens with one attached hydrogen (secondary N) is 1. The fraction of sp³-hybridized carbons (Fsp3) is 0.462. The summed E-state index contributed by atoms with van der Waals surface area (Å²) in [4.78, 5) is 10.8. The van der Waals surface area contributed by atoms with Gasteiger partial charge in [0.25, 0.3) is 0 Å². The molecule has 0 amide bonds. The molecule has 0 spiro atoms. The van der Waals surface area contributed by atoms with Crippen LogP contribution in [0.1, 0.15) is 18.9 Å². The van der Waals surface area contributed by atoms with Crippen molar-refractivity contribution >= 4 is 27.6 Å². The molecule has 8 heteroatoms. The Morgan fingerprint density at radius 3 is 2.57 bits per heavy atom. The maximum atomic E-state index is 12.4. The van der Waals surface area contributed by atoms with Gasteiger partial charge in [0.15, 0.2) is 0 Å². The minimum absolute atomic E-state index is 0.0506. The van der Waals surface area contributed by atoms with Gasteiger partial charge in [0.1, 0.15) is 4.90 Å². The van der Waals surface area contributed by atoms with E-state index < -0.39 is 34.6 Å². The number of halogens is 1. The Bertz CT molecular complexity index is 597. The molecule has 0 saturated carbocycles. The van der Waals surface area contributed by atoms with Crippen LogP contribution in [-0.2, 0) is 19.6 Å². The molecule has 1 aromatic rings. The summed E-state index contributed by atoms with van der Waals surface area (Å²) in [7, 11) is -2.56. The van der Waals surface area contributed by atoms with Crippen molar-refractivity contribution in [3.63, 3.8) is 0 Å². The Hall–Kier alpha value is -1.15. The van der Waals surface area contributed by atoms with E-state index >= 15 is 0 Å². The lowest BCUT2D eigenvalue weighted by molar-refractivity contribution is -0.138. The van der Waals surface area contributed by atoms with E-state index in [2.05, 4.69) is 4.72 Å². The van der Waals surface area contributed by atoms with Crippen molar-refractivity contribution in [2.45, 2.75) is 37.3 Å². The molecule has 2 atom stereocenters. The molecule has 2 N–H and O–H groups in total. The Labute approximate surface area is 129 Å². The van der Waals surface area contributed by atoms with Crippen LogP contribution in [0.5, 0.6) is 0 Å². The highest BCUT2D eigenvalue weighted by atomic mass is 35.5. The van der Waals surface area contributed by atoms with Crippen LogP contribution >= 0.6 is 11.6 Å². The van der Waals surface area contributed by atoms with Crippen LogP contribution in [0.15, 0.2) is 23.1 Å². The molecule has 0 aliphatic rings. The summed E-state index contributed by atoms with van der Waals surface area (Å²) in [5.74, 6) is -1.12. The molecular weight excluding hydrogens is 318 g/mol. The number of carboxylic acid groups (broad SMARTS) is 1. The molecule has 0 radical (unpaired) electrons. The van der Waals surface area contributed by atoms with Crippen LogP contribution in [0.4, 0.5) is 0 Å². The highest BCUT2D eigenvalue weighted by molar-refractivity contribution is 7.89. The second-order valence-corrected chi connectivity index (χ2v) is 6.71.